The van der Waals surface area contributed by atoms with Gasteiger partial charge < -0.3 is 5.11 Å². The normalized spacial score (nSPS) is 21.1. The van der Waals surface area contributed by atoms with Gasteiger partial charge in [0.25, 0.3) is 10.2 Å². The molecule has 1 aliphatic rings. The molecule has 5 nitrogen and oxygen atoms in total. The molecule has 0 amide bonds. The zero-order chi connectivity index (χ0) is 15.4. The number of hydrogen-bond acceptors (Lipinski definition) is 3. The van der Waals surface area contributed by atoms with Crippen LogP contribution in [0.15, 0.2) is 0 Å². The Kier molecular flexibility index (Phi) is 6.44. The maximum atomic E-state index is 12.3. The van der Waals surface area contributed by atoms with E-state index in [1.54, 1.807) is 4.31 Å². The third kappa shape index (κ3) is 4.98. The van der Waals surface area contributed by atoms with Gasteiger partial charge in [0.05, 0.1) is 0 Å². The van der Waals surface area contributed by atoms with Gasteiger partial charge in [0.15, 0.2) is 0 Å². The topological polar surface area (TPSA) is 69.6 Å². The number of piperidine rings is 1. The lowest BCUT2D eigenvalue weighted by atomic mass is 9.76. The van der Waals surface area contributed by atoms with E-state index in [9.17, 15) is 8.42 Å². The fourth-order valence-electron chi connectivity index (χ4n) is 2.75. The molecule has 1 atom stereocenters. The minimum absolute atomic E-state index is 0.00707. The zero-order valence-corrected chi connectivity index (χ0v) is 14.0. The first kappa shape index (κ1) is 17.9. The Hall–Kier alpha value is -0.170. The number of hydrogen-bond donors (Lipinski definition) is 2. The van der Waals surface area contributed by atoms with E-state index in [1.165, 1.54) is 0 Å². The van der Waals surface area contributed by atoms with Crippen LogP contribution in [0.2, 0.25) is 0 Å². The second-order valence-electron chi connectivity index (χ2n) is 6.78. The average Bonchev–Trinajstić information content (AvgIpc) is 2.37. The quantitative estimate of drug-likeness (QED) is 0.785. The molecule has 0 spiro atoms. The molecule has 1 aliphatic heterocycles. The monoisotopic (exact) mass is 306 g/mol. The predicted molar refractivity (Wildman–Crippen MR) is 81.6 cm³/mol. The third-order valence-corrected chi connectivity index (χ3v) is 5.98. The summed E-state index contributed by atoms with van der Waals surface area (Å²) in [5.74, 6) is 0.577. The first-order chi connectivity index (χ1) is 9.20. The van der Waals surface area contributed by atoms with Crippen molar-refractivity contribution in [1.82, 2.24) is 9.03 Å². The minimum Gasteiger partial charge on any atom is -0.396 e. The fraction of sp³-hybridized carbons (Fsp3) is 1.00. The predicted octanol–water partition coefficient (Wildman–Crippen LogP) is 1.74. The van der Waals surface area contributed by atoms with Crippen LogP contribution in [0.1, 0.15) is 53.4 Å². The Labute approximate surface area is 123 Å². The molecule has 1 saturated heterocycles. The van der Waals surface area contributed by atoms with E-state index in [2.05, 4.69) is 25.5 Å². The van der Waals surface area contributed by atoms with Crippen molar-refractivity contribution in [2.24, 2.45) is 11.3 Å². The first-order valence-corrected chi connectivity index (χ1v) is 9.03. The Morgan fingerprint density at radius 1 is 1.30 bits per heavy atom. The van der Waals surface area contributed by atoms with Crippen LogP contribution in [-0.4, -0.2) is 43.6 Å². The molecule has 2 N–H and O–H groups in total. The van der Waals surface area contributed by atoms with Crippen LogP contribution in [0, 0.1) is 11.3 Å². The molecular weight excluding hydrogens is 276 g/mol. The highest BCUT2D eigenvalue weighted by Crippen LogP contribution is 2.34. The van der Waals surface area contributed by atoms with Gasteiger partial charge in [0.1, 0.15) is 0 Å². The largest absolute Gasteiger partial charge is 0.396 e. The summed E-state index contributed by atoms with van der Waals surface area (Å²) in [5, 5.41) is 8.95. The van der Waals surface area contributed by atoms with Crippen LogP contribution < -0.4 is 4.72 Å². The highest BCUT2D eigenvalue weighted by Gasteiger charge is 2.33. The van der Waals surface area contributed by atoms with Crippen molar-refractivity contribution in [3.8, 4) is 0 Å². The maximum absolute atomic E-state index is 12.3. The van der Waals surface area contributed by atoms with Crippen molar-refractivity contribution in [1.29, 1.82) is 0 Å². The summed E-state index contributed by atoms with van der Waals surface area (Å²) in [6.45, 7) is 9.76. The Morgan fingerprint density at radius 3 is 2.25 bits per heavy atom. The summed E-state index contributed by atoms with van der Waals surface area (Å²) in [4.78, 5) is 0. The van der Waals surface area contributed by atoms with E-state index in [-0.39, 0.29) is 18.1 Å². The molecule has 0 aromatic heterocycles. The molecule has 6 heteroatoms. The van der Waals surface area contributed by atoms with Crippen LogP contribution in [0.5, 0.6) is 0 Å². The van der Waals surface area contributed by atoms with Crippen molar-refractivity contribution in [2.75, 3.05) is 19.7 Å². The van der Waals surface area contributed by atoms with Crippen molar-refractivity contribution in [3.05, 3.63) is 0 Å². The molecule has 0 bridgehead atoms. The molecule has 120 valence electrons. The van der Waals surface area contributed by atoms with Gasteiger partial charge in [-0.2, -0.15) is 17.4 Å². The lowest BCUT2D eigenvalue weighted by molar-refractivity contribution is 0.152. The second-order valence-corrected chi connectivity index (χ2v) is 8.48. The molecule has 0 radical (unpaired) electrons. The van der Waals surface area contributed by atoms with Gasteiger partial charge in [-0.05, 0) is 37.0 Å². The van der Waals surface area contributed by atoms with Gasteiger partial charge in [-0.25, -0.2) is 0 Å². The van der Waals surface area contributed by atoms with Crippen LogP contribution in [0.4, 0.5) is 0 Å². The zero-order valence-electron chi connectivity index (χ0n) is 13.2. The lowest BCUT2D eigenvalue weighted by Gasteiger charge is -2.38. The van der Waals surface area contributed by atoms with E-state index in [0.29, 0.717) is 31.8 Å². The molecule has 1 rings (SSSR count). The smallest absolute Gasteiger partial charge is 0.279 e. The van der Waals surface area contributed by atoms with E-state index in [0.717, 1.165) is 12.8 Å². The average molecular weight is 306 g/mol. The van der Waals surface area contributed by atoms with E-state index in [1.807, 2.05) is 6.92 Å². The van der Waals surface area contributed by atoms with Gasteiger partial charge in [-0.1, -0.05) is 27.7 Å². The standard InChI is InChI=1S/C14H30N2O3S/c1-5-13(8-11-17)15-20(18,19)16-9-6-12(7-10-16)14(2,3)4/h12-13,15,17H,5-11H2,1-4H3. The summed E-state index contributed by atoms with van der Waals surface area (Å²) in [6, 6.07) is -0.176. The van der Waals surface area contributed by atoms with Crippen molar-refractivity contribution < 1.29 is 13.5 Å². The highest BCUT2D eigenvalue weighted by molar-refractivity contribution is 7.87. The van der Waals surface area contributed by atoms with Gasteiger partial charge >= 0.3 is 0 Å². The molecule has 0 aromatic rings. The summed E-state index contributed by atoms with van der Waals surface area (Å²) < 4.78 is 28.9. The lowest BCUT2D eigenvalue weighted by Crippen LogP contribution is -2.49. The van der Waals surface area contributed by atoms with Crippen LogP contribution >= 0.6 is 0 Å². The first-order valence-electron chi connectivity index (χ1n) is 7.59. The molecule has 1 heterocycles. The van der Waals surface area contributed by atoms with Crippen molar-refractivity contribution in [3.63, 3.8) is 0 Å². The molecule has 0 saturated carbocycles. The maximum Gasteiger partial charge on any atom is 0.279 e. The van der Waals surface area contributed by atoms with Crippen molar-refractivity contribution in [2.45, 2.75) is 59.4 Å². The molecule has 1 fully saturated rings. The van der Waals surface area contributed by atoms with Crippen LogP contribution in [0.25, 0.3) is 0 Å². The Balaban J connectivity index is 2.58. The minimum atomic E-state index is -3.41. The highest BCUT2D eigenvalue weighted by atomic mass is 32.2. The summed E-state index contributed by atoms with van der Waals surface area (Å²) in [6.07, 6.45) is 2.99. The van der Waals surface area contributed by atoms with E-state index >= 15 is 0 Å². The number of nitrogens with zero attached hydrogens (tertiary/aromatic N) is 1. The van der Waals surface area contributed by atoms with Gasteiger partial charge in [-0.15, -0.1) is 0 Å². The van der Waals surface area contributed by atoms with Crippen molar-refractivity contribution >= 4 is 10.2 Å². The Bertz CT molecular complexity index is 382. The molecule has 0 aliphatic carbocycles. The number of aliphatic hydroxyl groups is 1. The number of nitrogens with one attached hydrogen (secondary N) is 1. The van der Waals surface area contributed by atoms with Gasteiger partial charge in [-0.3, -0.25) is 0 Å². The van der Waals surface area contributed by atoms with Gasteiger partial charge in [0, 0.05) is 25.7 Å². The van der Waals surface area contributed by atoms with Crippen LogP contribution in [0.3, 0.4) is 0 Å². The van der Waals surface area contributed by atoms with E-state index in [4.69, 9.17) is 5.11 Å². The summed E-state index contributed by atoms with van der Waals surface area (Å²) >= 11 is 0. The molecule has 1 unspecified atom stereocenters. The summed E-state index contributed by atoms with van der Waals surface area (Å²) in [5.41, 5.74) is 0.242. The summed E-state index contributed by atoms with van der Waals surface area (Å²) in [7, 11) is -3.41. The Morgan fingerprint density at radius 2 is 1.85 bits per heavy atom. The molecular formula is C14H30N2O3S. The van der Waals surface area contributed by atoms with Gasteiger partial charge in [0.2, 0.25) is 0 Å². The molecule has 0 aromatic carbocycles. The second kappa shape index (κ2) is 7.20. The molecule has 20 heavy (non-hydrogen) atoms. The van der Waals surface area contributed by atoms with Crippen LogP contribution in [-0.2, 0) is 10.2 Å². The number of aliphatic hydroxyl groups excluding tert-OH is 1. The fourth-order valence-corrected chi connectivity index (χ4v) is 4.30. The SMILES string of the molecule is CCC(CCO)NS(=O)(=O)N1CCC(C(C)(C)C)CC1. The third-order valence-electron chi connectivity index (χ3n) is 4.30. The number of rotatable bonds is 6. The van der Waals surface area contributed by atoms with E-state index < -0.39 is 10.2 Å².